The molecule has 1 heterocycles. The Balaban J connectivity index is 1.81. The molecular weight excluding hydrogens is 378 g/mol. The summed E-state index contributed by atoms with van der Waals surface area (Å²) in [5, 5.41) is 4.23. The van der Waals surface area contributed by atoms with Gasteiger partial charge in [0, 0.05) is 5.69 Å². The zero-order chi connectivity index (χ0) is 20.3. The molecule has 0 atom stereocenters. The zero-order valence-electron chi connectivity index (χ0n) is 15.8. The van der Waals surface area contributed by atoms with Crippen molar-refractivity contribution in [2.45, 2.75) is 25.7 Å². The van der Waals surface area contributed by atoms with Gasteiger partial charge in [0.15, 0.2) is 0 Å². The molecule has 0 aliphatic carbocycles. The van der Waals surface area contributed by atoms with Crippen LogP contribution in [0.3, 0.4) is 0 Å². The van der Waals surface area contributed by atoms with E-state index in [9.17, 15) is 13.2 Å². The lowest BCUT2D eigenvalue weighted by atomic mass is 10.2. The van der Waals surface area contributed by atoms with Gasteiger partial charge < -0.3 is 4.74 Å². The number of benzene rings is 2. The normalized spacial score (nSPS) is 11.2. The Kier molecular flexibility index (Phi) is 5.51. The van der Waals surface area contributed by atoms with Crippen LogP contribution in [0.4, 0.5) is 5.69 Å². The van der Waals surface area contributed by atoms with Crippen molar-refractivity contribution in [3.8, 4) is 5.69 Å². The van der Waals surface area contributed by atoms with Crippen LogP contribution in [0.15, 0.2) is 59.6 Å². The second-order valence-electron chi connectivity index (χ2n) is 6.24. The summed E-state index contributed by atoms with van der Waals surface area (Å²) in [4.78, 5) is 12.1. The third kappa shape index (κ3) is 4.07. The van der Waals surface area contributed by atoms with Crippen molar-refractivity contribution in [1.29, 1.82) is 0 Å². The first kappa shape index (κ1) is 19.6. The van der Waals surface area contributed by atoms with Gasteiger partial charge in [0.25, 0.3) is 10.0 Å². The van der Waals surface area contributed by atoms with Crippen LogP contribution in [0.5, 0.6) is 0 Å². The Morgan fingerprint density at radius 1 is 1.07 bits per heavy atom. The van der Waals surface area contributed by atoms with Crippen LogP contribution in [0.2, 0.25) is 0 Å². The first-order valence-corrected chi connectivity index (χ1v) is 10.2. The van der Waals surface area contributed by atoms with Crippen LogP contribution in [0.25, 0.3) is 5.69 Å². The smallest absolute Gasteiger partial charge is 0.341 e. The van der Waals surface area contributed by atoms with E-state index < -0.39 is 16.0 Å². The van der Waals surface area contributed by atoms with Crippen molar-refractivity contribution in [1.82, 2.24) is 9.78 Å². The molecule has 8 heteroatoms. The molecular formula is C20H21N3O4S. The summed E-state index contributed by atoms with van der Waals surface area (Å²) in [7, 11) is -3.66. The summed E-state index contributed by atoms with van der Waals surface area (Å²) in [5.74, 6) is -0.422. The average Bonchev–Trinajstić information content (AvgIpc) is 3.04. The van der Waals surface area contributed by atoms with E-state index in [0.717, 1.165) is 5.56 Å². The number of aromatic nitrogens is 2. The monoisotopic (exact) mass is 399 g/mol. The molecule has 7 nitrogen and oxygen atoms in total. The third-order valence-electron chi connectivity index (χ3n) is 4.20. The van der Waals surface area contributed by atoms with Crippen LogP contribution in [0, 0.1) is 13.8 Å². The largest absolute Gasteiger partial charge is 0.462 e. The van der Waals surface area contributed by atoms with Gasteiger partial charge in [0.1, 0.15) is 5.56 Å². The number of aryl methyl sites for hydroxylation is 1. The molecule has 0 saturated heterocycles. The molecule has 28 heavy (non-hydrogen) atoms. The number of hydrogen-bond acceptors (Lipinski definition) is 5. The number of nitrogens with zero attached hydrogens (tertiary/aromatic N) is 2. The van der Waals surface area contributed by atoms with Crippen LogP contribution < -0.4 is 4.72 Å². The number of carbonyl (C=O) groups excluding carboxylic acids is 1. The van der Waals surface area contributed by atoms with Crippen molar-refractivity contribution >= 4 is 21.7 Å². The zero-order valence-corrected chi connectivity index (χ0v) is 16.7. The molecule has 1 N–H and O–H groups in total. The summed E-state index contributed by atoms with van der Waals surface area (Å²) in [5.41, 5.74) is 3.16. The van der Waals surface area contributed by atoms with Crippen molar-refractivity contribution in [3.05, 3.63) is 71.5 Å². The maximum atomic E-state index is 12.5. The second kappa shape index (κ2) is 7.85. The van der Waals surface area contributed by atoms with Crippen molar-refractivity contribution in [2.24, 2.45) is 0 Å². The molecule has 0 unspecified atom stereocenters. The lowest BCUT2D eigenvalue weighted by Gasteiger charge is -2.10. The Labute approximate surface area is 164 Å². The van der Waals surface area contributed by atoms with E-state index in [1.807, 2.05) is 6.92 Å². The number of anilines is 1. The molecule has 0 amide bonds. The Bertz CT molecular complexity index is 1090. The summed E-state index contributed by atoms with van der Waals surface area (Å²) in [6.07, 6.45) is 1.46. The molecule has 0 radical (unpaired) electrons. The van der Waals surface area contributed by atoms with E-state index in [4.69, 9.17) is 4.74 Å². The number of carbonyl (C=O) groups is 1. The van der Waals surface area contributed by atoms with E-state index >= 15 is 0 Å². The second-order valence-corrected chi connectivity index (χ2v) is 7.92. The quantitative estimate of drug-likeness (QED) is 0.641. The van der Waals surface area contributed by atoms with Crippen molar-refractivity contribution in [3.63, 3.8) is 0 Å². The van der Waals surface area contributed by atoms with Gasteiger partial charge in [-0.1, -0.05) is 17.7 Å². The van der Waals surface area contributed by atoms with Gasteiger partial charge in [-0.25, -0.2) is 17.9 Å². The summed E-state index contributed by atoms with van der Waals surface area (Å²) in [6, 6.07) is 13.4. The molecule has 2 aromatic carbocycles. The molecule has 0 aliphatic heterocycles. The van der Waals surface area contributed by atoms with Gasteiger partial charge >= 0.3 is 5.97 Å². The third-order valence-corrected chi connectivity index (χ3v) is 5.60. The Hall–Kier alpha value is -3.13. The number of rotatable bonds is 6. The minimum Gasteiger partial charge on any atom is -0.462 e. The number of hydrogen-bond donors (Lipinski definition) is 1. The first-order valence-electron chi connectivity index (χ1n) is 8.73. The van der Waals surface area contributed by atoms with E-state index in [1.165, 1.54) is 6.20 Å². The lowest BCUT2D eigenvalue weighted by Crippen LogP contribution is -2.13. The molecule has 0 spiro atoms. The Morgan fingerprint density at radius 3 is 2.32 bits per heavy atom. The highest BCUT2D eigenvalue weighted by atomic mass is 32.2. The minimum atomic E-state index is -3.66. The van der Waals surface area contributed by atoms with E-state index in [-0.39, 0.29) is 4.90 Å². The maximum absolute atomic E-state index is 12.5. The number of esters is 1. The van der Waals surface area contributed by atoms with Crippen molar-refractivity contribution < 1.29 is 17.9 Å². The minimum absolute atomic E-state index is 0.198. The van der Waals surface area contributed by atoms with Crippen molar-refractivity contribution in [2.75, 3.05) is 11.3 Å². The van der Waals surface area contributed by atoms with Gasteiger partial charge in [-0.15, -0.1) is 0 Å². The highest BCUT2D eigenvalue weighted by Gasteiger charge is 2.17. The van der Waals surface area contributed by atoms with Gasteiger partial charge in [-0.3, -0.25) is 4.72 Å². The van der Waals surface area contributed by atoms with E-state index in [2.05, 4.69) is 9.82 Å². The number of sulfonamides is 1. The molecule has 0 saturated carbocycles. The maximum Gasteiger partial charge on any atom is 0.341 e. The van der Waals surface area contributed by atoms with Gasteiger partial charge in [-0.05, 0) is 57.2 Å². The topological polar surface area (TPSA) is 90.3 Å². The molecule has 0 fully saturated rings. The van der Waals surface area contributed by atoms with E-state index in [0.29, 0.717) is 29.2 Å². The highest BCUT2D eigenvalue weighted by Crippen LogP contribution is 2.20. The van der Waals surface area contributed by atoms with Crippen LogP contribution in [-0.2, 0) is 14.8 Å². The van der Waals surface area contributed by atoms with Crippen LogP contribution in [-0.4, -0.2) is 30.8 Å². The van der Waals surface area contributed by atoms with Gasteiger partial charge in [0.05, 0.1) is 29.1 Å². The van der Waals surface area contributed by atoms with Gasteiger partial charge in [-0.2, -0.15) is 5.10 Å². The highest BCUT2D eigenvalue weighted by molar-refractivity contribution is 7.92. The SMILES string of the molecule is CCOC(=O)c1cnn(-c2ccc(NS(=O)(=O)c3ccc(C)cc3)cc2)c1C. The Morgan fingerprint density at radius 2 is 1.71 bits per heavy atom. The van der Waals surface area contributed by atoms with E-state index in [1.54, 1.807) is 67.1 Å². The summed E-state index contributed by atoms with van der Waals surface area (Å²) < 4.78 is 34.1. The summed E-state index contributed by atoms with van der Waals surface area (Å²) >= 11 is 0. The lowest BCUT2D eigenvalue weighted by molar-refractivity contribution is 0.0525. The molecule has 146 valence electrons. The number of nitrogens with one attached hydrogen (secondary N) is 1. The standard InChI is InChI=1S/C20H21N3O4S/c1-4-27-20(24)19-13-21-23(15(19)3)17-9-7-16(8-10-17)22-28(25,26)18-11-5-14(2)6-12-18/h5-13,22H,4H2,1-3H3. The fourth-order valence-electron chi connectivity index (χ4n) is 2.68. The summed E-state index contributed by atoms with van der Waals surface area (Å²) in [6.45, 7) is 5.70. The molecule has 0 aliphatic rings. The average molecular weight is 399 g/mol. The van der Waals surface area contributed by atoms with Crippen LogP contribution >= 0.6 is 0 Å². The first-order chi connectivity index (χ1) is 13.3. The number of ether oxygens (including phenoxy) is 1. The molecule has 1 aromatic heterocycles. The van der Waals surface area contributed by atoms with Crippen LogP contribution in [0.1, 0.15) is 28.5 Å². The fourth-order valence-corrected chi connectivity index (χ4v) is 3.74. The fraction of sp³-hybridized carbons (Fsp3) is 0.200. The predicted octanol–water partition coefficient (Wildman–Crippen LogP) is 3.47. The molecule has 3 aromatic rings. The molecule has 3 rings (SSSR count). The van der Waals surface area contributed by atoms with Gasteiger partial charge in [0.2, 0.25) is 0 Å². The predicted molar refractivity (Wildman–Crippen MR) is 106 cm³/mol. The molecule has 0 bridgehead atoms.